The van der Waals surface area contributed by atoms with Gasteiger partial charge in [0.2, 0.25) is 0 Å². The Morgan fingerprint density at radius 3 is 2.76 bits per heavy atom. The fourth-order valence-electron chi connectivity index (χ4n) is 1.30. The highest BCUT2D eigenvalue weighted by molar-refractivity contribution is 8.01. The van der Waals surface area contributed by atoms with E-state index in [0.717, 1.165) is 9.10 Å². The first-order valence-electron chi connectivity index (χ1n) is 4.92. The number of benzene rings is 1. The summed E-state index contributed by atoms with van der Waals surface area (Å²) in [6.45, 7) is 4.15. The molecule has 0 aliphatic rings. The molecule has 2 aromatic rings. The average Bonchev–Trinajstić information content (AvgIpc) is 2.64. The maximum absolute atomic E-state index is 8.98. The quantitative estimate of drug-likeness (QED) is 0.816. The lowest BCUT2D eigenvalue weighted by Gasteiger charge is -2.03. The van der Waals surface area contributed by atoms with Crippen LogP contribution in [0, 0.1) is 25.2 Å². The number of aryl methyl sites for hydroxylation is 2. The van der Waals surface area contributed by atoms with Gasteiger partial charge in [-0.3, -0.25) is 0 Å². The van der Waals surface area contributed by atoms with Crippen LogP contribution in [0.4, 0.5) is 0 Å². The number of hydrogen-bond acceptors (Lipinski definition) is 4. The minimum Gasteiger partial charge on any atom is -0.192 e. The normalized spacial score (nSPS) is 10.2. The highest BCUT2D eigenvalue weighted by Gasteiger charge is 2.13. The van der Waals surface area contributed by atoms with Crippen LogP contribution in [-0.2, 0) is 0 Å². The number of hydrogen-bond donors (Lipinski definition) is 0. The van der Waals surface area contributed by atoms with Crippen LogP contribution in [0.1, 0.15) is 16.7 Å². The van der Waals surface area contributed by atoms with Crippen molar-refractivity contribution in [3.05, 3.63) is 40.0 Å². The number of rotatable bonds is 2. The summed E-state index contributed by atoms with van der Waals surface area (Å²) in [4.78, 5) is 1.10. The van der Waals surface area contributed by atoms with Gasteiger partial charge in [0, 0.05) is 4.90 Å². The Morgan fingerprint density at radius 1 is 1.35 bits per heavy atom. The Morgan fingerprint density at radius 2 is 2.12 bits per heavy atom. The summed E-state index contributed by atoms with van der Waals surface area (Å²) >= 11 is 8.63. The Labute approximate surface area is 113 Å². The van der Waals surface area contributed by atoms with Crippen LogP contribution >= 0.6 is 34.9 Å². The van der Waals surface area contributed by atoms with Crippen molar-refractivity contribution in [2.24, 2.45) is 0 Å². The Hall–Kier alpha value is -1.02. The third kappa shape index (κ3) is 2.63. The van der Waals surface area contributed by atoms with E-state index < -0.39 is 0 Å². The molecule has 0 unspecified atom stereocenters. The lowest BCUT2D eigenvalue weighted by Crippen LogP contribution is -1.81. The number of nitrogens with zero attached hydrogens (tertiary/aromatic N) is 2. The molecule has 0 N–H and O–H groups in total. The van der Waals surface area contributed by atoms with Gasteiger partial charge in [-0.2, -0.15) is 9.64 Å². The first-order chi connectivity index (χ1) is 8.11. The summed E-state index contributed by atoms with van der Waals surface area (Å²) in [5.74, 6) is 0. The molecular weight excluding hydrogens is 272 g/mol. The van der Waals surface area contributed by atoms with Crippen molar-refractivity contribution in [1.82, 2.24) is 4.37 Å². The zero-order chi connectivity index (χ0) is 12.4. The van der Waals surface area contributed by atoms with E-state index >= 15 is 0 Å². The molecule has 0 atom stereocenters. The van der Waals surface area contributed by atoms with E-state index in [1.165, 1.54) is 34.4 Å². The average molecular weight is 281 g/mol. The fraction of sp³-hybridized carbons (Fsp3) is 0.167. The molecule has 5 heteroatoms. The predicted molar refractivity (Wildman–Crippen MR) is 71.9 cm³/mol. The minimum absolute atomic E-state index is 0.295. The Kier molecular flexibility index (Phi) is 3.72. The topological polar surface area (TPSA) is 36.7 Å². The summed E-state index contributed by atoms with van der Waals surface area (Å²) in [6.07, 6.45) is 0. The molecule has 0 aliphatic carbocycles. The van der Waals surface area contributed by atoms with Crippen molar-refractivity contribution in [1.29, 1.82) is 5.26 Å². The molecule has 1 heterocycles. The zero-order valence-corrected chi connectivity index (χ0v) is 11.7. The van der Waals surface area contributed by atoms with Crippen molar-refractivity contribution < 1.29 is 0 Å². The second-order valence-electron chi connectivity index (χ2n) is 3.60. The molecule has 0 saturated heterocycles. The van der Waals surface area contributed by atoms with Crippen LogP contribution in [-0.4, -0.2) is 4.37 Å². The molecule has 1 aromatic heterocycles. The zero-order valence-electron chi connectivity index (χ0n) is 9.32. The van der Waals surface area contributed by atoms with Crippen LogP contribution in [0.25, 0.3) is 0 Å². The fourth-order valence-corrected chi connectivity index (χ4v) is 3.52. The summed E-state index contributed by atoms with van der Waals surface area (Å²) in [5.41, 5.74) is 2.97. The Balaban J connectivity index is 2.32. The van der Waals surface area contributed by atoms with Crippen LogP contribution in [0.5, 0.6) is 0 Å². The molecule has 86 valence electrons. The summed E-state index contributed by atoms with van der Waals surface area (Å²) < 4.78 is 4.84. The summed E-state index contributed by atoms with van der Waals surface area (Å²) in [6, 6.07) is 8.31. The molecule has 0 bridgehead atoms. The monoisotopic (exact) mass is 280 g/mol. The van der Waals surface area contributed by atoms with Gasteiger partial charge in [0.25, 0.3) is 0 Å². The lowest BCUT2D eigenvalue weighted by atomic mass is 10.1. The van der Waals surface area contributed by atoms with Crippen molar-refractivity contribution in [2.45, 2.75) is 23.0 Å². The largest absolute Gasteiger partial charge is 0.192 e. The maximum Gasteiger partial charge on any atom is 0.161 e. The van der Waals surface area contributed by atoms with Crippen LogP contribution in [0.3, 0.4) is 0 Å². The first-order valence-corrected chi connectivity index (χ1v) is 6.89. The molecule has 0 amide bonds. The van der Waals surface area contributed by atoms with Gasteiger partial charge in [0.05, 0.1) is 0 Å². The third-order valence-electron chi connectivity index (χ3n) is 2.42. The molecule has 17 heavy (non-hydrogen) atoms. The third-order valence-corrected chi connectivity index (χ3v) is 4.79. The molecule has 0 spiro atoms. The van der Waals surface area contributed by atoms with E-state index in [4.69, 9.17) is 16.9 Å². The molecule has 0 fully saturated rings. The van der Waals surface area contributed by atoms with Crippen molar-refractivity contribution in [3.8, 4) is 6.07 Å². The highest BCUT2D eigenvalue weighted by atomic mass is 35.5. The van der Waals surface area contributed by atoms with Crippen molar-refractivity contribution in [2.75, 3.05) is 0 Å². The van der Waals surface area contributed by atoms with Gasteiger partial charge in [0.1, 0.15) is 15.8 Å². The van der Waals surface area contributed by atoms with Crippen LogP contribution in [0.2, 0.25) is 5.15 Å². The van der Waals surface area contributed by atoms with E-state index in [0.29, 0.717) is 10.7 Å². The lowest BCUT2D eigenvalue weighted by molar-refractivity contribution is 1.28. The van der Waals surface area contributed by atoms with Gasteiger partial charge in [-0.15, -0.1) is 0 Å². The van der Waals surface area contributed by atoms with Crippen LogP contribution < -0.4 is 0 Å². The second-order valence-corrected chi connectivity index (χ2v) is 6.07. The smallest absolute Gasteiger partial charge is 0.161 e. The van der Waals surface area contributed by atoms with Gasteiger partial charge in [-0.05, 0) is 48.6 Å². The molecule has 0 saturated carbocycles. The number of nitriles is 1. The van der Waals surface area contributed by atoms with Gasteiger partial charge >= 0.3 is 0 Å². The highest BCUT2D eigenvalue weighted by Crippen LogP contribution is 2.37. The summed E-state index contributed by atoms with van der Waals surface area (Å²) in [5, 5.41) is 9.28. The summed E-state index contributed by atoms with van der Waals surface area (Å²) in [7, 11) is 0. The second kappa shape index (κ2) is 5.09. The van der Waals surface area contributed by atoms with E-state index in [2.05, 4.69) is 36.4 Å². The molecule has 2 nitrogen and oxygen atoms in total. The van der Waals surface area contributed by atoms with E-state index in [9.17, 15) is 0 Å². The van der Waals surface area contributed by atoms with Crippen LogP contribution in [0.15, 0.2) is 27.3 Å². The van der Waals surface area contributed by atoms with Gasteiger partial charge in [-0.25, -0.2) is 0 Å². The van der Waals surface area contributed by atoms with Gasteiger partial charge in [0.15, 0.2) is 5.15 Å². The van der Waals surface area contributed by atoms with Gasteiger partial charge in [-0.1, -0.05) is 29.4 Å². The first kappa shape index (κ1) is 12.4. The predicted octanol–water partition coefficient (Wildman–Crippen LogP) is 4.44. The maximum atomic E-state index is 8.98. The van der Waals surface area contributed by atoms with Crippen molar-refractivity contribution in [3.63, 3.8) is 0 Å². The molecule has 2 rings (SSSR count). The molecular formula is C12H9ClN2S2. The number of halogens is 1. The van der Waals surface area contributed by atoms with Gasteiger partial charge < -0.3 is 0 Å². The SMILES string of the molecule is Cc1ccc(Sc2snc(Cl)c2C#N)cc1C. The standard InChI is InChI=1S/C12H9ClN2S2/c1-7-3-4-9(5-8(7)2)16-12-10(6-14)11(13)15-17-12/h3-5H,1-2H3. The van der Waals surface area contributed by atoms with E-state index in [-0.39, 0.29) is 0 Å². The van der Waals surface area contributed by atoms with Crippen molar-refractivity contribution >= 4 is 34.9 Å². The molecule has 0 radical (unpaired) electrons. The van der Waals surface area contributed by atoms with E-state index in [1.54, 1.807) is 0 Å². The Bertz CT molecular complexity index is 599. The van der Waals surface area contributed by atoms with E-state index in [1.807, 2.05) is 6.07 Å². The minimum atomic E-state index is 0.295. The molecule has 0 aliphatic heterocycles. The number of aromatic nitrogens is 1. The molecule has 1 aromatic carbocycles.